The van der Waals surface area contributed by atoms with Crippen molar-refractivity contribution in [1.29, 1.82) is 0 Å². The number of hydrogen-bond acceptors (Lipinski definition) is 4. The van der Waals surface area contributed by atoms with Gasteiger partial charge >= 0.3 is 0 Å². The third-order valence-corrected chi connectivity index (χ3v) is 3.56. The van der Waals surface area contributed by atoms with Crippen LogP contribution in [0.4, 0.5) is 0 Å². The van der Waals surface area contributed by atoms with Gasteiger partial charge in [0.2, 0.25) is 5.91 Å². The number of halogens is 1. The quantitative estimate of drug-likeness (QED) is 0.750. The van der Waals surface area contributed by atoms with E-state index in [1.54, 1.807) is 19.1 Å². The molecular formula is C16H27ClN2O3. The van der Waals surface area contributed by atoms with Crippen molar-refractivity contribution in [3.8, 4) is 0 Å². The van der Waals surface area contributed by atoms with E-state index in [1.165, 1.54) is 0 Å². The van der Waals surface area contributed by atoms with Crippen molar-refractivity contribution in [3.63, 3.8) is 0 Å². The molecule has 1 amide bonds. The molecule has 22 heavy (non-hydrogen) atoms. The van der Waals surface area contributed by atoms with E-state index in [9.17, 15) is 4.79 Å². The Kier molecular flexibility index (Phi) is 10.8. The SMILES string of the molecule is COCCN(CCOC)C(=O)C(C)C(N)c1ccccc1.Cl. The lowest BCUT2D eigenvalue weighted by atomic mass is 9.94. The molecule has 0 aliphatic rings. The molecule has 0 aromatic heterocycles. The van der Waals surface area contributed by atoms with Gasteiger partial charge in [0.15, 0.2) is 0 Å². The molecule has 0 heterocycles. The maximum Gasteiger partial charge on any atom is 0.227 e. The van der Waals surface area contributed by atoms with Crippen molar-refractivity contribution >= 4 is 18.3 Å². The summed E-state index contributed by atoms with van der Waals surface area (Å²) in [6, 6.07) is 9.38. The number of rotatable bonds is 9. The van der Waals surface area contributed by atoms with Gasteiger partial charge in [0, 0.05) is 33.4 Å². The molecule has 2 unspecified atom stereocenters. The van der Waals surface area contributed by atoms with Crippen LogP contribution in [0.25, 0.3) is 0 Å². The predicted octanol–water partition coefficient (Wildman–Crippen LogP) is 1.87. The summed E-state index contributed by atoms with van der Waals surface area (Å²) in [5.74, 6) is -0.262. The van der Waals surface area contributed by atoms with Crippen molar-refractivity contribution < 1.29 is 14.3 Å². The van der Waals surface area contributed by atoms with E-state index in [0.717, 1.165) is 5.56 Å². The van der Waals surface area contributed by atoms with Crippen molar-refractivity contribution in [2.75, 3.05) is 40.5 Å². The molecular weight excluding hydrogens is 304 g/mol. The Balaban J connectivity index is 0.00000441. The first kappa shape index (κ1) is 20.9. The molecule has 0 bridgehead atoms. The molecule has 1 rings (SSSR count). The summed E-state index contributed by atoms with van der Waals surface area (Å²) in [6.45, 7) is 3.97. The Bertz CT molecular complexity index is 409. The number of nitrogens with zero attached hydrogens (tertiary/aromatic N) is 1. The fraction of sp³-hybridized carbons (Fsp3) is 0.562. The number of methoxy groups -OCH3 is 2. The van der Waals surface area contributed by atoms with Crippen LogP contribution in [0.5, 0.6) is 0 Å². The molecule has 2 N–H and O–H groups in total. The maximum absolute atomic E-state index is 12.6. The smallest absolute Gasteiger partial charge is 0.227 e. The minimum atomic E-state index is -0.314. The molecule has 6 heteroatoms. The molecule has 0 aliphatic carbocycles. The second kappa shape index (κ2) is 11.4. The summed E-state index contributed by atoms with van der Waals surface area (Å²) in [4.78, 5) is 14.4. The molecule has 5 nitrogen and oxygen atoms in total. The van der Waals surface area contributed by atoms with E-state index < -0.39 is 0 Å². The molecule has 0 radical (unpaired) electrons. The Morgan fingerprint density at radius 1 is 1.14 bits per heavy atom. The molecule has 126 valence electrons. The molecule has 0 saturated heterocycles. The van der Waals surface area contributed by atoms with Gasteiger partial charge in [0.1, 0.15) is 0 Å². The van der Waals surface area contributed by atoms with Gasteiger partial charge in [-0.15, -0.1) is 12.4 Å². The van der Waals surface area contributed by atoms with Gasteiger partial charge in [-0.25, -0.2) is 0 Å². The van der Waals surface area contributed by atoms with Gasteiger partial charge in [-0.1, -0.05) is 37.3 Å². The minimum Gasteiger partial charge on any atom is -0.383 e. The second-order valence-electron chi connectivity index (χ2n) is 5.04. The van der Waals surface area contributed by atoms with Crippen LogP contribution in [0.2, 0.25) is 0 Å². The highest BCUT2D eigenvalue weighted by molar-refractivity contribution is 5.85. The van der Waals surface area contributed by atoms with Crippen LogP contribution in [-0.2, 0) is 14.3 Å². The average molecular weight is 331 g/mol. The summed E-state index contributed by atoms with van der Waals surface area (Å²) < 4.78 is 10.1. The monoisotopic (exact) mass is 330 g/mol. The molecule has 0 aliphatic heterocycles. The highest BCUT2D eigenvalue weighted by atomic mass is 35.5. The van der Waals surface area contributed by atoms with Crippen LogP contribution < -0.4 is 5.73 Å². The van der Waals surface area contributed by atoms with Crippen molar-refractivity contribution in [3.05, 3.63) is 35.9 Å². The van der Waals surface area contributed by atoms with Crippen LogP contribution in [-0.4, -0.2) is 51.3 Å². The normalized spacial score (nSPS) is 13.1. The number of carbonyl (C=O) groups excluding carboxylic acids is 1. The van der Waals surface area contributed by atoms with Crippen LogP contribution in [0.3, 0.4) is 0 Å². The van der Waals surface area contributed by atoms with Gasteiger partial charge in [-0.05, 0) is 5.56 Å². The van der Waals surface area contributed by atoms with Crippen LogP contribution in [0.1, 0.15) is 18.5 Å². The zero-order valence-corrected chi connectivity index (χ0v) is 14.3. The zero-order chi connectivity index (χ0) is 15.7. The van der Waals surface area contributed by atoms with Gasteiger partial charge in [0.25, 0.3) is 0 Å². The van der Waals surface area contributed by atoms with E-state index >= 15 is 0 Å². The number of amides is 1. The highest BCUT2D eigenvalue weighted by Gasteiger charge is 2.26. The van der Waals surface area contributed by atoms with Crippen LogP contribution in [0, 0.1) is 5.92 Å². The lowest BCUT2D eigenvalue weighted by Gasteiger charge is -2.28. The fourth-order valence-corrected chi connectivity index (χ4v) is 2.14. The van der Waals surface area contributed by atoms with E-state index in [-0.39, 0.29) is 30.3 Å². The molecule has 1 aromatic carbocycles. The average Bonchev–Trinajstić information content (AvgIpc) is 2.54. The zero-order valence-electron chi connectivity index (χ0n) is 13.5. The van der Waals surface area contributed by atoms with Gasteiger partial charge in [0.05, 0.1) is 19.1 Å². The van der Waals surface area contributed by atoms with E-state index in [4.69, 9.17) is 15.2 Å². The number of hydrogen-bond donors (Lipinski definition) is 1. The lowest BCUT2D eigenvalue weighted by molar-refractivity contribution is -0.137. The first-order valence-corrected chi connectivity index (χ1v) is 7.19. The predicted molar refractivity (Wildman–Crippen MR) is 90.1 cm³/mol. The minimum absolute atomic E-state index is 0. The first-order valence-electron chi connectivity index (χ1n) is 7.19. The summed E-state index contributed by atoms with van der Waals surface area (Å²) >= 11 is 0. The van der Waals surface area contributed by atoms with Crippen molar-refractivity contribution in [2.24, 2.45) is 11.7 Å². The Morgan fingerprint density at radius 2 is 1.64 bits per heavy atom. The Labute approximate surface area is 139 Å². The molecule has 2 atom stereocenters. The van der Waals surface area contributed by atoms with Gasteiger partial charge in [-0.3, -0.25) is 4.79 Å². The molecule has 0 spiro atoms. The standard InChI is InChI=1S/C16H26N2O3.ClH/c1-13(15(17)14-7-5-4-6-8-14)16(19)18(9-11-20-2)10-12-21-3;/h4-8,13,15H,9-12,17H2,1-3H3;1H. The third kappa shape index (κ3) is 6.32. The number of ether oxygens (including phenoxy) is 2. The van der Waals surface area contributed by atoms with E-state index in [2.05, 4.69) is 0 Å². The summed E-state index contributed by atoms with van der Waals surface area (Å²) in [7, 11) is 3.25. The van der Waals surface area contributed by atoms with Crippen LogP contribution in [0.15, 0.2) is 30.3 Å². The number of carbonyl (C=O) groups is 1. The topological polar surface area (TPSA) is 64.8 Å². The summed E-state index contributed by atoms with van der Waals surface area (Å²) in [5, 5.41) is 0. The van der Waals surface area contributed by atoms with Crippen LogP contribution >= 0.6 is 12.4 Å². The maximum atomic E-state index is 12.6. The molecule has 0 saturated carbocycles. The summed E-state index contributed by atoms with van der Waals surface area (Å²) in [5.41, 5.74) is 7.19. The first-order chi connectivity index (χ1) is 10.1. The molecule has 1 aromatic rings. The van der Waals surface area contributed by atoms with Crippen molar-refractivity contribution in [2.45, 2.75) is 13.0 Å². The highest BCUT2D eigenvalue weighted by Crippen LogP contribution is 2.21. The number of benzene rings is 1. The Morgan fingerprint density at radius 3 is 2.09 bits per heavy atom. The molecule has 0 fully saturated rings. The van der Waals surface area contributed by atoms with E-state index in [0.29, 0.717) is 26.3 Å². The van der Waals surface area contributed by atoms with E-state index in [1.807, 2.05) is 37.3 Å². The largest absolute Gasteiger partial charge is 0.383 e. The van der Waals surface area contributed by atoms with Gasteiger partial charge < -0.3 is 20.1 Å². The third-order valence-electron chi connectivity index (χ3n) is 3.56. The van der Waals surface area contributed by atoms with Gasteiger partial charge in [-0.2, -0.15) is 0 Å². The second-order valence-corrected chi connectivity index (χ2v) is 5.04. The summed E-state index contributed by atoms with van der Waals surface area (Å²) in [6.07, 6.45) is 0. The Hall–Kier alpha value is -1.14. The number of nitrogens with two attached hydrogens (primary N) is 1. The fourth-order valence-electron chi connectivity index (χ4n) is 2.14. The lowest BCUT2D eigenvalue weighted by Crippen LogP contribution is -2.42. The van der Waals surface area contributed by atoms with Crippen molar-refractivity contribution in [1.82, 2.24) is 4.90 Å².